The van der Waals surface area contributed by atoms with Crippen LogP contribution in [0.25, 0.3) is 0 Å². The van der Waals surface area contributed by atoms with Crippen LogP contribution in [0.3, 0.4) is 0 Å². The normalized spacial score (nSPS) is 16.9. The van der Waals surface area contributed by atoms with Crippen molar-refractivity contribution in [1.82, 2.24) is 9.80 Å². The summed E-state index contributed by atoms with van der Waals surface area (Å²) < 4.78 is 0. The molecule has 0 aromatic heterocycles. The van der Waals surface area contributed by atoms with Crippen LogP contribution in [0.4, 0.5) is 0 Å². The first-order valence-electron chi connectivity index (χ1n) is 8.20. The monoisotopic (exact) mass is 288 g/mol. The van der Waals surface area contributed by atoms with Crippen molar-refractivity contribution in [2.75, 3.05) is 26.2 Å². The van der Waals surface area contributed by atoms with Gasteiger partial charge < -0.3 is 4.90 Å². The Morgan fingerprint density at radius 3 is 2.48 bits per heavy atom. The predicted molar refractivity (Wildman–Crippen MR) is 87.1 cm³/mol. The minimum Gasteiger partial charge on any atom is -0.343 e. The van der Waals surface area contributed by atoms with E-state index in [4.69, 9.17) is 0 Å². The van der Waals surface area contributed by atoms with Crippen LogP contribution in [0.15, 0.2) is 24.3 Å². The number of piperidine rings is 1. The lowest BCUT2D eigenvalue weighted by molar-refractivity contribution is -0.136. The number of carbonyl (C=O) groups excluding carboxylic acids is 1. The molecule has 3 heteroatoms. The Kier molecular flexibility index (Phi) is 5.80. The minimum atomic E-state index is 0.235. The van der Waals surface area contributed by atoms with Crippen molar-refractivity contribution in [3.63, 3.8) is 0 Å². The molecule has 0 radical (unpaired) electrons. The third kappa shape index (κ3) is 4.31. The van der Waals surface area contributed by atoms with Crippen molar-refractivity contribution in [2.45, 2.75) is 40.2 Å². The molecule has 1 aliphatic heterocycles. The number of likely N-dealkylation sites (tertiary alicyclic amines) is 1. The van der Waals surface area contributed by atoms with E-state index in [2.05, 4.69) is 49.9 Å². The molecule has 0 N–H and O–H groups in total. The third-order valence-corrected chi connectivity index (χ3v) is 4.50. The topological polar surface area (TPSA) is 23.6 Å². The molecule has 0 unspecified atom stereocenters. The second-order valence-corrected chi connectivity index (χ2v) is 6.05. The van der Waals surface area contributed by atoms with Gasteiger partial charge in [0.2, 0.25) is 5.91 Å². The molecule has 0 atom stereocenters. The molecule has 3 nitrogen and oxygen atoms in total. The highest BCUT2D eigenvalue weighted by molar-refractivity contribution is 5.78. The predicted octanol–water partition coefficient (Wildman–Crippen LogP) is 3.08. The molecule has 1 saturated heterocycles. The van der Waals surface area contributed by atoms with Crippen molar-refractivity contribution in [2.24, 2.45) is 5.92 Å². The summed E-state index contributed by atoms with van der Waals surface area (Å²) in [6, 6.07) is 8.72. The Labute approximate surface area is 128 Å². The first-order chi connectivity index (χ1) is 10.1. The van der Waals surface area contributed by atoms with Crippen LogP contribution in [0.2, 0.25) is 0 Å². The van der Waals surface area contributed by atoms with E-state index in [0.717, 1.165) is 45.6 Å². The quantitative estimate of drug-likeness (QED) is 0.831. The van der Waals surface area contributed by atoms with Crippen molar-refractivity contribution in [3.8, 4) is 0 Å². The number of benzene rings is 1. The van der Waals surface area contributed by atoms with E-state index in [1.54, 1.807) is 0 Å². The van der Waals surface area contributed by atoms with Crippen LogP contribution in [0.1, 0.15) is 37.8 Å². The fourth-order valence-electron chi connectivity index (χ4n) is 3.20. The molecule has 2 rings (SSSR count). The van der Waals surface area contributed by atoms with Gasteiger partial charge in [-0.05, 0) is 52.3 Å². The average molecular weight is 288 g/mol. The Hall–Kier alpha value is -1.35. The maximum Gasteiger partial charge on any atom is 0.225 e. The number of hydrogen-bond donors (Lipinski definition) is 0. The summed E-state index contributed by atoms with van der Waals surface area (Å²) in [5.74, 6) is 0.592. The molecule has 1 fully saturated rings. The van der Waals surface area contributed by atoms with E-state index in [9.17, 15) is 4.79 Å². The van der Waals surface area contributed by atoms with Crippen molar-refractivity contribution in [1.29, 1.82) is 0 Å². The first kappa shape index (κ1) is 16.0. The number of amides is 1. The van der Waals surface area contributed by atoms with Gasteiger partial charge in [0.15, 0.2) is 0 Å². The smallest absolute Gasteiger partial charge is 0.225 e. The zero-order chi connectivity index (χ0) is 15.2. The fraction of sp³-hybridized carbons (Fsp3) is 0.611. The molecule has 0 aliphatic carbocycles. The largest absolute Gasteiger partial charge is 0.343 e. The molecule has 1 aromatic carbocycles. The van der Waals surface area contributed by atoms with Crippen LogP contribution in [-0.4, -0.2) is 41.9 Å². The zero-order valence-electron chi connectivity index (χ0n) is 13.6. The molecule has 1 heterocycles. The molecule has 0 spiro atoms. The second kappa shape index (κ2) is 7.60. The number of nitrogens with zero attached hydrogens (tertiary/aromatic N) is 2. The highest BCUT2D eigenvalue weighted by atomic mass is 16.2. The molecule has 0 bridgehead atoms. The summed E-state index contributed by atoms with van der Waals surface area (Å²) in [5.41, 5.74) is 2.70. The molecule has 116 valence electrons. The van der Waals surface area contributed by atoms with Gasteiger partial charge in [-0.2, -0.15) is 0 Å². The average Bonchev–Trinajstić information content (AvgIpc) is 2.49. The van der Waals surface area contributed by atoms with E-state index in [-0.39, 0.29) is 5.92 Å². The summed E-state index contributed by atoms with van der Waals surface area (Å²) in [6.07, 6.45) is 2.00. The molecule has 1 aliphatic rings. The van der Waals surface area contributed by atoms with Crippen molar-refractivity contribution >= 4 is 5.91 Å². The van der Waals surface area contributed by atoms with Gasteiger partial charge in [0.05, 0.1) is 0 Å². The van der Waals surface area contributed by atoms with E-state index < -0.39 is 0 Å². The third-order valence-electron chi connectivity index (χ3n) is 4.50. The number of hydrogen-bond acceptors (Lipinski definition) is 2. The maximum absolute atomic E-state index is 12.4. The SMILES string of the molecule is CCN(CC)C(=O)C1CCN(Cc2cccc(C)c2)CC1. The van der Waals surface area contributed by atoms with Gasteiger partial charge in [-0.3, -0.25) is 9.69 Å². The lowest BCUT2D eigenvalue weighted by atomic mass is 9.95. The summed E-state index contributed by atoms with van der Waals surface area (Å²) in [7, 11) is 0. The molecule has 1 amide bonds. The summed E-state index contributed by atoms with van der Waals surface area (Å²) in [6.45, 7) is 11.0. The number of aryl methyl sites for hydroxylation is 1. The van der Waals surface area contributed by atoms with Crippen LogP contribution in [0.5, 0.6) is 0 Å². The van der Waals surface area contributed by atoms with Gasteiger partial charge in [-0.1, -0.05) is 29.8 Å². The van der Waals surface area contributed by atoms with Crippen LogP contribution in [0, 0.1) is 12.8 Å². The Morgan fingerprint density at radius 1 is 1.24 bits per heavy atom. The van der Waals surface area contributed by atoms with Crippen LogP contribution < -0.4 is 0 Å². The molecular formula is C18H28N2O. The van der Waals surface area contributed by atoms with Gasteiger partial charge in [0, 0.05) is 25.6 Å². The molecule has 1 aromatic rings. The fourth-order valence-corrected chi connectivity index (χ4v) is 3.20. The standard InChI is InChI=1S/C18H28N2O/c1-4-20(5-2)18(21)17-9-11-19(12-10-17)14-16-8-6-7-15(3)13-16/h6-8,13,17H,4-5,9-12,14H2,1-3H3. The summed E-state index contributed by atoms with van der Waals surface area (Å²) in [4.78, 5) is 16.8. The lowest BCUT2D eigenvalue weighted by Crippen LogP contribution is -2.42. The van der Waals surface area contributed by atoms with Crippen LogP contribution in [-0.2, 0) is 11.3 Å². The second-order valence-electron chi connectivity index (χ2n) is 6.05. The van der Waals surface area contributed by atoms with Gasteiger partial charge >= 0.3 is 0 Å². The summed E-state index contributed by atoms with van der Waals surface area (Å²) >= 11 is 0. The highest BCUT2D eigenvalue weighted by Crippen LogP contribution is 2.21. The number of rotatable bonds is 5. The van der Waals surface area contributed by atoms with Gasteiger partial charge in [0.25, 0.3) is 0 Å². The Balaban J connectivity index is 1.84. The van der Waals surface area contributed by atoms with Crippen molar-refractivity contribution < 1.29 is 4.79 Å². The first-order valence-corrected chi connectivity index (χ1v) is 8.20. The number of carbonyl (C=O) groups is 1. The summed E-state index contributed by atoms with van der Waals surface area (Å²) in [5, 5.41) is 0. The van der Waals surface area contributed by atoms with E-state index in [0.29, 0.717) is 5.91 Å². The minimum absolute atomic E-state index is 0.235. The van der Waals surface area contributed by atoms with Crippen molar-refractivity contribution in [3.05, 3.63) is 35.4 Å². The zero-order valence-corrected chi connectivity index (χ0v) is 13.6. The Morgan fingerprint density at radius 2 is 1.90 bits per heavy atom. The Bertz CT molecular complexity index is 460. The lowest BCUT2D eigenvalue weighted by Gasteiger charge is -2.33. The molecule has 21 heavy (non-hydrogen) atoms. The van der Waals surface area contributed by atoms with E-state index in [1.807, 2.05) is 4.90 Å². The van der Waals surface area contributed by atoms with Crippen LogP contribution >= 0.6 is 0 Å². The van der Waals surface area contributed by atoms with Gasteiger partial charge in [0.1, 0.15) is 0 Å². The van der Waals surface area contributed by atoms with E-state index in [1.165, 1.54) is 11.1 Å². The molecular weight excluding hydrogens is 260 g/mol. The van der Waals surface area contributed by atoms with E-state index >= 15 is 0 Å². The maximum atomic E-state index is 12.4. The molecule has 0 saturated carbocycles. The van der Waals surface area contributed by atoms with Gasteiger partial charge in [-0.25, -0.2) is 0 Å². The van der Waals surface area contributed by atoms with Gasteiger partial charge in [-0.15, -0.1) is 0 Å². The highest BCUT2D eigenvalue weighted by Gasteiger charge is 2.27.